The van der Waals surface area contributed by atoms with E-state index in [4.69, 9.17) is 0 Å². The zero-order valence-electron chi connectivity index (χ0n) is 15.0. The van der Waals surface area contributed by atoms with Gasteiger partial charge < -0.3 is 10.3 Å². The highest BCUT2D eigenvalue weighted by atomic mass is 32.2. The number of hydrogen-bond donors (Lipinski definition) is 2. The fourth-order valence-corrected chi connectivity index (χ4v) is 3.49. The van der Waals surface area contributed by atoms with Gasteiger partial charge in [0.2, 0.25) is 5.91 Å². The Bertz CT molecular complexity index is 846. The molecular formula is C21H23N3OS. The molecule has 0 spiro atoms. The smallest absolute Gasteiger partial charge is 0.230 e. The molecule has 4 nitrogen and oxygen atoms in total. The van der Waals surface area contributed by atoms with Gasteiger partial charge in [-0.05, 0) is 25.0 Å². The second kappa shape index (κ2) is 8.72. The van der Waals surface area contributed by atoms with E-state index in [1.807, 2.05) is 62.4 Å². The van der Waals surface area contributed by atoms with Crippen LogP contribution in [-0.4, -0.2) is 21.6 Å². The van der Waals surface area contributed by atoms with E-state index in [2.05, 4.69) is 27.4 Å². The van der Waals surface area contributed by atoms with E-state index in [-0.39, 0.29) is 11.9 Å². The number of benzene rings is 2. The Labute approximate surface area is 158 Å². The fraction of sp³-hybridized carbons (Fsp3) is 0.238. The van der Waals surface area contributed by atoms with E-state index >= 15 is 0 Å². The summed E-state index contributed by atoms with van der Waals surface area (Å²) in [5, 5.41) is 3.81. The molecule has 1 heterocycles. The maximum Gasteiger partial charge on any atom is 0.230 e. The van der Waals surface area contributed by atoms with Crippen LogP contribution in [0, 0.1) is 6.92 Å². The SMILES string of the molecule is Cc1[nH]c(SCC(=O)NC(C)c2ccccc2)nc1Cc1ccccc1. The number of aryl methyl sites for hydroxylation is 1. The molecule has 0 radical (unpaired) electrons. The Morgan fingerprint density at radius 3 is 2.46 bits per heavy atom. The molecule has 3 aromatic rings. The first kappa shape index (κ1) is 18.3. The first-order valence-corrected chi connectivity index (χ1v) is 9.67. The Hall–Kier alpha value is -2.53. The molecule has 0 aliphatic heterocycles. The van der Waals surface area contributed by atoms with Gasteiger partial charge in [-0.1, -0.05) is 72.4 Å². The molecule has 0 fully saturated rings. The minimum absolute atomic E-state index is 0.00345. The zero-order valence-corrected chi connectivity index (χ0v) is 15.8. The number of carbonyl (C=O) groups is 1. The van der Waals surface area contributed by atoms with Crippen LogP contribution in [0.3, 0.4) is 0 Å². The van der Waals surface area contributed by atoms with Crippen LogP contribution in [0.5, 0.6) is 0 Å². The molecule has 134 valence electrons. The van der Waals surface area contributed by atoms with Crippen molar-refractivity contribution in [3.05, 3.63) is 83.2 Å². The molecule has 0 saturated carbocycles. The quantitative estimate of drug-likeness (QED) is 0.615. The summed E-state index contributed by atoms with van der Waals surface area (Å²) in [7, 11) is 0. The number of H-pyrrole nitrogens is 1. The van der Waals surface area contributed by atoms with Crippen LogP contribution in [0.2, 0.25) is 0 Å². The van der Waals surface area contributed by atoms with E-state index in [1.165, 1.54) is 17.3 Å². The van der Waals surface area contributed by atoms with Gasteiger partial charge >= 0.3 is 0 Å². The van der Waals surface area contributed by atoms with Crippen LogP contribution < -0.4 is 5.32 Å². The third-order valence-corrected chi connectivity index (χ3v) is 5.07. The number of nitrogens with one attached hydrogen (secondary N) is 2. The standard InChI is InChI=1S/C21H23N3OS/c1-15(18-11-7-4-8-12-18)22-20(25)14-26-21-23-16(2)19(24-21)13-17-9-5-3-6-10-17/h3-12,15H,13-14H2,1-2H3,(H,22,25)(H,23,24). The van der Waals surface area contributed by atoms with E-state index in [9.17, 15) is 4.79 Å². The van der Waals surface area contributed by atoms with Gasteiger partial charge in [0.05, 0.1) is 17.5 Å². The van der Waals surface area contributed by atoms with Crippen LogP contribution in [0.4, 0.5) is 0 Å². The van der Waals surface area contributed by atoms with E-state index in [0.29, 0.717) is 5.75 Å². The lowest BCUT2D eigenvalue weighted by Gasteiger charge is -2.13. The predicted octanol–water partition coefficient (Wildman–Crippen LogP) is 4.28. The first-order chi connectivity index (χ1) is 12.6. The molecule has 3 rings (SSSR count). The van der Waals surface area contributed by atoms with Crippen molar-refractivity contribution >= 4 is 17.7 Å². The summed E-state index contributed by atoms with van der Waals surface area (Å²) in [6.07, 6.45) is 0.793. The minimum Gasteiger partial charge on any atom is -0.349 e. The first-order valence-electron chi connectivity index (χ1n) is 8.68. The average Bonchev–Trinajstić information content (AvgIpc) is 3.01. The van der Waals surface area contributed by atoms with Gasteiger partial charge in [0.25, 0.3) is 0 Å². The van der Waals surface area contributed by atoms with Crippen molar-refractivity contribution in [3.63, 3.8) is 0 Å². The van der Waals surface area contributed by atoms with Crippen molar-refractivity contribution in [2.24, 2.45) is 0 Å². The molecule has 1 atom stereocenters. The number of aromatic amines is 1. The summed E-state index contributed by atoms with van der Waals surface area (Å²) >= 11 is 1.43. The number of hydrogen-bond acceptors (Lipinski definition) is 3. The number of rotatable bonds is 7. The van der Waals surface area contributed by atoms with Crippen LogP contribution in [-0.2, 0) is 11.2 Å². The van der Waals surface area contributed by atoms with E-state index in [0.717, 1.165) is 28.5 Å². The Balaban J connectivity index is 1.53. The summed E-state index contributed by atoms with van der Waals surface area (Å²) in [5.74, 6) is 0.347. The molecule has 5 heteroatoms. The fourth-order valence-electron chi connectivity index (χ4n) is 2.74. The van der Waals surface area contributed by atoms with Crippen molar-refractivity contribution < 1.29 is 4.79 Å². The molecule has 1 unspecified atom stereocenters. The summed E-state index contributed by atoms with van der Waals surface area (Å²) in [5.41, 5.74) is 4.41. The molecule has 0 aliphatic carbocycles. The van der Waals surface area contributed by atoms with Crippen LogP contribution >= 0.6 is 11.8 Å². The van der Waals surface area contributed by atoms with Gasteiger partial charge in [0.15, 0.2) is 5.16 Å². The average molecular weight is 366 g/mol. The molecular weight excluding hydrogens is 342 g/mol. The molecule has 0 bridgehead atoms. The second-order valence-corrected chi connectivity index (χ2v) is 7.23. The van der Waals surface area contributed by atoms with Crippen molar-refractivity contribution in [2.75, 3.05) is 5.75 Å². The lowest BCUT2D eigenvalue weighted by Crippen LogP contribution is -2.28. The third-order valence-electron chi connectivity index (χ3n) is 4.20. The van der Waals surface area contributed by atoms with Gasteiger partial charge in [-0.3, -0.25) is 4.79 Å². The number of nitrogens with zero attached hydrogens (tertiary/aromatic N) is 1. The second-order valence-electron chi connectivity index (χ2n) is 6.26. The summed E-state index contributed by atoms with van der Waals surface area (Å²) in [4.78, 5) is 20.1. The van der Waals surface area contributed by atoms with Crippen LogP contribution in [0.25, 0.3) is 0 Å². The number of carbonyl (C=O) groups excluding carboxylic acids is 1. The third kappa shape index (κ3) is 4.99. The zero-order chi connectivity index (χ0) is 18.4. The topological polar surface area (TPSA) is 57.8 Å². The molecule has 1 amide bonds. The summed E-state index contributed by atoms with van der Waals surface area (Å²) in [6.45, 7) is 4.01. The van der Waals surface area contributed by atoms with Crippen molar-refractivity contribution in [1.82, 2.24) is 15.3 Å². The Morgan fingerprint density at radius 2 is 1.77 bits per heavy atom. The van der Waals surface area contributed by atoms with Crippen LogP contribution in [0.15, 0.2) is 65.8 Å². The van der Waals surface area contributed by atoms with Crippen LogP contribution in [0.1, 0.15) is 35.5 Å². The minimum atomic E-state index is -0.00345. The largest absolute Gasteiger partial charge is 0.349 e. The van der Waals surface area contributed by atoms with Gasteiger partial charge in [-0.25, -0.2) is 4.98 Å². The highest BCUT2D eigenvalue weighted by Gasteiger charge is 2.12. The van der Waals surface area contributed by atoms with Gasteiger partial charge in [0, 0.05) is 12.1 Å². The normalized spacial score (nSPS) is 11.9. The van der Waals surface area contributed by atoms with Crippen molar-refractivity contribution in [3.8, 4) is 0 Å². The predicted molar refractivity (Wildman–Crippen MR) is 106 cm³/mol. The molecule has 1 aromatic heterocycles. The molecule has 0 aliphatic rings. The summed E-state index contributed by atoms with van der Waals surface area (Å²) < 4.78 is 0. The monoisotopic (exact) mass is 365 g/mol. The summed E-state index contributed by atoms with van der Waals surface area (Å²) in [6, 6.07) is 20.2. The molecule has 2 aromatic carbocycles. The van der Waals surface area contributed by atoms with Gasteiger partial charge in [-0.2, -0.15) is 0 Å². The lowest BCUT2D eigenvalue weighted by molar-refractivity contribution is -0.119. The Kier molecular flexibility index (Phi) is 6.12. The molecule has 26 heavy (non-hydrogen) atoms. The lowest BCUT2D eigenvalue weighted by atomic mass is 10.1. The van der Waals surface area contributed by atoms with Crippen molar-refractivity contribution in [2.45, 2.75) is 31.5 Å². The number of amides is 1. The van der Waals surface area contributed by atoms with Crippen molar-refractivity contribution in [1.29, 1.82) is 0 Å². The maximum absolute atomic E-state index is 12.2. The molecule has 2 N–H and O–H groups in total. The number of aromatic nitrogens is 2. The maximum atomic E-state index is 12.2. The highest BCUT2D eigenvalue weighted by molar-refractivity contribution is 7.99. The highest BCUT2D eigenvalue weighted by Crippen LogP contribution is 2.19. The van der Waals surface area contributed by atoms with E-state index in [1.54, 1.807) is 0 Å². The Morgan fingerprint density at radius 1 is 1.12 bits per heavy atom. The number of imidazole rings is 1. The number of thioether (sulfide) groups is 1. The van der Waals surface area contributed by atoms with Gasteiger partial charge in [0.1, 0.15) is 0 Å². The van der Waals surface area contributed by atoms with E-state index < -0.39 is 0 Å². The molecule has 0 saturated heterocycles. The van der Waals surface area contributed by atoms with Gasteiger partial charge in [-0.15, -0.1) is 0 Å².